The molecule has 168 valence electrons. The lowest BCUT2D eigenvalue weighted by atomic mass is 9.97. The van der Waals surface area contributed by atoms with Crippen molar-refractivity contribution in [2.24, 2.45) is 0 Å². The van der Waals surface area contributed by atoms with Gasteiger partial charge in [0.05, 0.1) is 25.0 Å². The molecule has 1 heterocycles. The Morgan fingerprint density at radius 2 is 1.83 bits per heavy atom. The molecule has 2 rings (SSSR count). The van der Waals surface area contributed by atoms with Gasteiger partial charge in [0, 0.05) is 24.4 Å². The highest BCUT2D eigenvalue weighted by Crippen LogP contribution is 2.37. The number of allylic oxidation sites excluding steroid dienone is 1. The number of aliphatic hydroxyl groups is 1. The molecule has 0 saturated heterocycles. The molecule has 2 N–H and O–H groups in total. The molecule has 1 aliphatic heterocycles. The number of hydrogen-bond donors (Lipinski definition) is 2. The van der Waals surface area contributed by atoms with Crippen LogP contribution in [-0.2, 0) is 6.42 Å². The van der Waals surface area contributed by atoms with Crippen LogP contribution in [0.4, 0.5) is 0 Å². The summed E-state index contributed by atoms with van der Waals surface area (Å²) in [5.41, 5.74) is 2.94. The average Bonchev–Trinajstić information content (AvgIpc) is 2.73. The first-order valence-corrected chi connectivity index (χ1v) is 11.4. The van der Waals surface area contributed by atoms with Crippen LogP contribution in [0.3, 0.4) is 0 Å². The lowest BCUT2D eigenvalue weighted by molar-refractivity contribution is 0.137. The first-order chi connectivity index (χ1) is 14.1. The van der Waals surface area contributed by atoms with Gasteiger partial charge in [-0.3, -0.25) is 0 Å². The van der Waals surface area contributed by atoms with Crippen molar-refractivity contribution in [1.82, 2.24) is 10.2 Å². The molecule has 0 aliphatic carbocycles. The molecular weight excluding hydrogens is 422 g/mol. The highest BCUT2D eigenvalue weighted by atomic mass is 35.5. The van der Waals surface area contributed by atoms with E-state index in [1.807, 2.05) is 26.0 Å². The number of nitriles is 1. The maximum Gasteiger partial charge on any atom is 0.161 e. The number of aliphatic hydroxyl groups excluding tert-OH is 1. The summed E-state index contributed by atoms with van der Waals surface area (Å²) in [5.74, 6) is 1.92. The Balaban J connectivity index is 0.00000450. The van der Waals surface area contributed by atoms with Crippen molar-refractivity contribution in [3.8, 4) is 17.6 Å². The second-order valence-corrected chi connectivity index (χ2v) is 7.80. The first-order valence-electron chi connectivity index (χ1n) is 10.4. The first kappa shape index (κ1) is 26.4. The summed E-state index contributed by atoms with van der Waals surface area (Å²) in [6.07, 6.45) is 0.380. The zero-order valence-electron chi connectivity index (χ0n) is 18.4. The van der Waals surface area contributed by atoms with Crippen molar-refractivity contribution in [1.29, 1.82) is 5.26 Å². The van der Waals surface area contributed by atoms with Crippen molar-refractivity contribution in [2.75, 3.05) is 45.1 Å². The maximum absolute atomic E-state index is 10.4. The molecule has 0 saturated carbocycles. The summed E-state index contributed by atoms with van der Waals surface area (Å²) < 4.78 is 11.5. The van der Waals surface area contributed by atoms with E-state index in [0.717, 1.165) is 48.6 Å². The molecule has 1 aromatic rings. The Labute approximate surface area is 191 Å². The molecule has 1 atom stereocenters. The smallest absolute Gasteiger partial charge is 0.161 e. The van der Waals surface area contributed by atoms with E-state index in [-0.39, 0.29) is 12.4 Å². The summed E-state index contributed by atoms with van der Waals surface area (Å²) in [6.45, 7) is 12.4. The predicted molar refractivity (Wildman–Crippen MR) is 127 cm³/mol. The van der Waals surface area contributed by atoms with Crippen molar-refractivity contribution in [3.63, 3.8) is 0 Å². The standard InChI is InChI=1S/C22H33N3O3S.ClH/c1-5-25(6-2)14-17(26)15-29-21(13-23)22-18-12-20(28-8-4)19(27-7-3)11-16(18)9-10-24-22;/h11-12,17,24,26H,5-10,14-15H2,1-4H3;1H/b22-21-;. The third-order valence-corrected chi connectivity index (χ3v) is 5.98. The SMILES string of the molecule is CCOc1cc2c(cc1OCC)/C(=C(\C#N)SCC(O)CN(CC)CC)NCC2.Cl. The van der Waals surface area contributed by atoms with Gasteiger partial charge in [-0.05, 0) is 51.1 Å². The molecule has 1 aromatic carbocycles. The lowest BCUT2D eigenvalue weighted by Crippen LogP contribution is -2.33. The van der Waals surface area contributed by atoms with E-state index in [1.165, 1.54) is 11.8 Å². The lowest BCUT2D eigenvalue weighted by Gasteiger charge is -2.25. The monoisotopic (exact) mass is 455 g/mol. The molecule has 0 spiro atoms. The summed E-state index contributed by atoms with van der Waals surface area (Å²) in [5, 5.41) is 23.5. The summed E-state index contributed by atoms with van der Waals surface area (Å²) in [7, 11) is 0. The molecule has 8 heteroatoms. The minimum atomic E-state index is -0.480. The highest BCUT2D eigenvalue weighted by molar-refractivity contribution is 8.03. The third-order valence-electron chi connectivity index (χ3n) is 4.85. The van der Waals surface area contributed by atoms with Gasteiger partial charge in [-0.15, -0.1) is 24.2 Å². The molecule has 1 unspecified atom stereocenters. The van der Waals surface area contributed by atoms with E-state index in [9.17, 15) is 10.4 Å². The Bertz CT molecular complexity index is 748. The van der Waals surface area contributed by atoms with Gasteiger partial charge in [0.15, 0.2) is 11.5 Å². The molecule has 0 bridgehead atoms. The quantitative estimate of drug-likeness (QED) is 0.493. The van der Waals surface area contributed by atoms with Gasteiger partial charge in [-0.25, -0.2) is 0 Å². The van der Waals surface area contributed by atoms with Gasteiger partial charge >= 0.3 is 0 Å². The molecule has 0 amide bonds. The van der Waals surface area contributed by atoms with Crippen LogP contribution in [-0.4, -0.2) is 61.3 Å². The Hall–Kier alpha value is -1.59. The molecule has 0 radical (unpaired) electrons. The minimum Gasteiger partial charge on any atom is -0.490 e. The molecule has 6 nitrogen and oxygen atoms in total. The van der Waals surface area contributed by atoms with Crippen LogP contribution in [0.25, 0.3) is 5.70 Å². The van der Waals surface area contributed by atoms with Gasteiger partial charge in [0.25, 0.3) is 0 Å². The van der Waals surface area contributed by atoms with E-state index in [0.29, 0.717) is 36.2 Å². The average molecular weight is 456 g/mol. The van der Waals surface area contributed by atoms with Crippen molar-refractivity contribution in [2.45, 2.75) is 40.2 Å². The van der Waals surface area contributed by atoms with Gasteiger partial charge in [-0.2, -0.15) is 5.26 Å². The van der Waals surface area contributed by atoms with E-state index >= 15 is 0 Å². The van der Waals surface area contributed by atoms with Crippen LogP contribution < -0.4 is 14.8 Å². The molecule has 0 fully saturated rings. The van der Waals surface area contributed by atoms with Crippen LogP contribution in [0.15, 0.2) is 17.0 Å². The van der Waals surface area contributed by atoms with Crippen molar-refractivity contribution in [3.05, 3.63) is 28.2 Å². The largest absolute Gasteiger partial charge is 0.490 e. The molecule has 30 heavy (non-hydrogen) atoms. The predicted octanol–water partition coefficient (Wildman–Crippen LogP) is 3.68. The van der Waals surface area contributed by atoms with Crippen LogP contribution in [0.1, 0.15) is 38.8 Å². The third kappa shape index (κ3) is 6.98. The van der Waals surface area contributed by atoms with E-state index in [2.05, 4.69) is 30.1 Å². The van der Waals surface area contributed by atoms with Crippen molar-refractivity contribution >= 4 is 29.9 Å². The number of thioether (sulfide) groups is 1. The number of benzene rings is 1. The highest BCUT2D eigenvalue weighted by Gasteiger charge is 2.22. The number of rotatable bonds is 11. The number of ether oxygens (including phenoxy) is 2. The van der Waals surface area contributed by atoms with Gasteiger partial charge in [0.2, 0.25) is 0 Å². The Morgan fingerprint density at radius 3 is 2.40 bits per heavy atom. The second-order valence-electron chi connectivity index (χ2n) is 6.77. The number of fused-ring (bicyclic) bond motifs is 1. The van der Waals surface area contributed by atoms with Crippen LogP contribution >= 0.6 is 24.2 Å². The number of likely N-dealkylation sites (N-methyl/N-ethyl adjacent to an activating group) is 1. The number of halogens is 1. The summed E-state index contributed by atoms with van der Waals surface area (Å²) in [6, 6.07) is 6.32. The van der Waals surface area contributed by atoms with E-state index in [1.54, 1.807) is 0 Å². The van der Waals surface area contributed by atoms with Crippen LogP contribution in [0, 0.1) is 11.3 Å². The van der Waals surface area contributed by atoms with Crippen molar-refractivity contribution < 1.29 is 14.6 Å². The minimum absolute atomic E-state index is 0. The molecular formula is C22H34ClN3O3S. The van der Waals surface area contributed by atoms with E-state index in [4.69, 9.17) is 9.47 Å². The molecule has 1 aliphatic rings. The fourth-order valence-corrected chi connectivity index (χ4v) is 4.23. The topological polar surface area (TPSA) is 77.8 Å². The molecule has 0 aromatic heterocycles. The number of nitrogens with zero attached hydrogens (tertiary/aromatic N) is 2. The summed E-state index contributed by atoms with van der Waals surface area (Å²) in [4.78, 5) is 2.78. The maximum atomic E-state index is 10.4. The fourth-order valence-electron chi connectivity index (χ4n) is 3.37. The Morgan fingerprint density at radius 1 is 1.20 bits per heavy atom. The zero-order chi connectivity index (χ0) is 21.2. The van der Waals surface area contributed by atoms with Gasteiger partial charge < -0.3 is 24.8 Å². The van der Waals surface area contributed by atoms with Crippen LogP contribution in [0.5, 0.6) is 11.5 Å². The number of hydrogen-bond acceptors (Lipinski definition) is 7. The van der Waals surface area contributed by atoms with Gasteiger partial charge in [-0.1, -0.05) is 13.8 Å². The zero-order valence-corrected chi connectivity index (χ0v) is 20.0. The van der Waals surface area contributed by atoms with Gasteiger partial charge in [0.1, 0.15) is 11.0 Å². The Kier molecular flexibility index (Phi) is 12.0. The second kappa shape index (κ2) is 13.7. The fraction of sp³-hybridized carbons (Fsp3) is 0.591. The van der Waals surface area contributed by atoms with Crippen LogP contribution in [0.2, 0.25) is 0 Å². The normalized spacial score (nSPS) is 15.4. The van der Waals surface area contributed by atoms with E-state index < -0.39 is 6.10 Å². The number of nitrogens with one attached hydrogen (secondary N) is 1. The summed E-state index contributed by atoms with van der Waals surface area (Å²) >= 11 is 1.40.